The second-order valence-electron chi connectivity index (χ2n) is 18.3. The van der Waals surface area contributed by atoms with Gasteiger partial charge in [0.1, 0.15) is 23.0 Å². The number of benzene rings is 4. The topological polar surface area (TPSA) is 121 Å². The Morgan fingerprint density at radius 2 is 0.812 bits per heavy atom. The Morgan fingerprint density at radius 3 is 1.17 bits per heavy atom. The molecule has 6 atom stereocenters. The number of rotatable bonds is 32. The largest absolute Gasteiger partial charge is 0.494 e. The quantitative estimate of drug-likeness (QED) is 0.0203. The van der Waals surface area contributed by atoms with E-state index < -0.39 is 11.9 Å². The van der Waals surface area contributed by atoms with E-state index in [1.807, 2.05) is 36.4 Å². The highest BCUT2D eigenvalue weighted by atomic mass is 16.6. The summed E-state index contributed by atoms with van der Waals surface area (Å²) in [5.41, 5.74) is 0.836. The Bertz CT molecular complexity index is 1890. The maximum absolute atomic E-state index is 13.2. The summed E-state index contributed by atoms with van der Waals surface area (Å²) in [4.78, 5) is 26.4. The predicted molar refractivity (Wildman–Crippen MR) is 247 cm³/mol. The lowest BCUT2D eigenvalue weighted by Crippen LogP contribution is -2.11. The molecule has 4 aliphatic heterocycles. The van der Waals surface area contributed by atoms with Crippen LogP contribution in [0.15, 0.2) is 84.9 Å². The molecule has 0 aromatic heterocycles. The van der Waals surface area contributed by atoms with Gasteiger partial charge in [0, 0.05) is 10.8 Å². The van der Waals surface area contributed by atoms with Crippen molar-refractivity contribution in [3.63, 3.8) is 0 Å². The molecule has 4 aromatic rings. The average Bonchev–Trinajstić information content (AvgIpc) is 4.09. The van der Waals surface area contributed by atoms with Crippen molar-refractivity contribution < 1.29 is 47.5 Å². The van der Waals surface area contributed by atoms with Crippen molar-refractivity contribution in [1.82, 2.24) is 0 Å². The maximum atomic E-state index is 13.2. The van der Waals surface area contributed by atoms with Gasteiger partial charge in [-0.2, -0.15) is 0 Å². The molecule has 64 heavy (non-hydrogen) atoms. The van der Waals surface area contributed by atoms with Gasteiger partial charge >= 0.3 is 11.9 Å². The van der Waals surface area contributed by atoms with Crippen molar-refractivity contribution in [2.45, 2.75) is 140 Å². The van der Waals surface area contributed by atoms with Crippen LogP contribution in [-0.4, -0.2) is 76.0 Å². The van der Waals surface area contributed by atoms with Crippen LogP contribution in [0.4, 0.5) is 0 Å². The highest BCUT2D eigenvalue weighted by Gasteiger charge is 2.38. The lowest BCUT2D eigenvalue weighted by atomic mass is 9.93. The molecular formula is C54H68O10. The normalized spacial score (nSPS) is 20.3. The summed E-state index contributed by atoms with van der Waals surface area (Å²) in [6.45, 7) is 5.06. The number of epoxide rings is 4. The minimum atomic E-state index is -0.480. The number of fused-ring (bicyclic) bond motifs is 1. The van der Waals surface area contributed by atoms with Gasteiger partial charge in [-0.15, -0.1) is 0 Å². The Hall–Kier alpha value is -4.48. The molecule has 0 saturated carbocycles. The standard InChI is InChI=1S/C54H68O10/c55-53(39-23-27-43(28-24-39)57-31-13-9-5-1-3-7-11-17-41(51-37-61-51)33-45-35-59-45)63-49-21-15-20-48-47(49)19-16-22-50(48)64-54(56)40-25-29-44(30-26-40)58-32-14-10-6-2-4-8-12-18-42(52-38-62-52)34-46-36-60-46/h15-16,19-30,41-42,45-46,51-52H,1-14,17-18,31-38H2. The van der Waals surface area contributed by atoms with E-state index in [0.717, 1.165) is 63.6 Å². The van der Waals surface area contributed by atoms with Gasteiger partial charge in [0.15, 0.2) is 0 Å². The minimum absolute atomic E-state index is 0.381. The fourth-order valence-corrected chi connectivity index (χ4v) is 8.94. The summed E-state index contributed by atoms with van der Waals surface area (Å²) in [5.74, 6) is 2.64. The van der Waals surface area contributed by atoms with E-state index in [2.05, 4.69) is 0 Å². The SMILES string of the molecule is O=C(Oc1cccc2c(OC(=O)c3ccc(OCCCCCCCCCC(CC4CO4)C4CO4)cc3)cccc12)c1ccc(OCCCCCCCCCC(CC2CO2)C2CO2)cc1. The minimum Gasteiger partial charge on any atom is -0.494 e. The Balaban J connectivity index is 0.687. The van der Waals surface area contributed by atoms with Crippen LogP contribution in [0.25, 0.3) is 10.8 Å². The van der Waals surface area contributed by atoms with E-state index in [0.29, 0.717) is 82.9 Å². The molecule has 0 spiro atoms. The molecule has 0 amide bonds. The zero-order chi connectivity index (χ0) is 43.8. The van der Waals surface area contributed by atoms with Crippen LogP contribution < -0.4 is 18.9 Å². The van der Waals surface area contributed by atoms with Gasteiger partial charge in [0.25, 0.3) is 0 Å². The Kier molecular flexibility index (Phi) is 17.4. The van der Waals surface area contributed by atoms with Crippen molar-refractivity contribution in [3.05, 3.63) is 96.1 Å². The Labute approximate surface area is 379 Å². The zero-order valence-corrected chi connectivity index (χ0v) is 37.6. The molecule has 0 N–H and O–H groups in total. The lowest BCUT2D eigenvalue weighted by molar-refractivity contribution is 0.0725. The van der Waals surface area contributed by atoms with Crippen molar-refractivity contribution in [1.29, 1.82) is 0 Å². The zero-order valence-electron chi connectivity index (χ0n) is 37.6. The van der Waals surface area contributed by atoms with Crippen molar-refractivity contribution in [2.24, 2.45) is 11.8 Å². The van der Waals surface area contributed by atoms with Gasteiger partial charge < -0.3 is 37.9 Å². The van der Waals surface area contributed by atoms with Gasteiger partial charge in [-0.05, 0) is 111 Å². The summed E-state index contributed by atoms with van der Waals surface area (Å²) in [7, 11) is 0. The summed E-state index contributed by atoms with van der Waals surface area (Å²) < 4.78 is 45.6. The number of esters is 2. The fourth-order valence-electron chi connectivity index (χ4n) is 8.94. The first-order valence-corrected chi connectivity index (χ1v) is 24.4. The molecule has 6 unspecified atom stereocenters. The van der Waals surface area contributed by atoms with Gasteiger partial charge in [-0.25, -0.2) is 9.59 Å². The number of unbranched alkanes of at least 4 members (excludes halogenated alkanes) is 12. The van der Waals surface area contributed by atoms with Crippen molar-refractivity contribution in [3.8, 4) is 23.0 Å². The van der Waals surface area contributed by atoms with E-state index >= 15 is 0 Å². The third kappa shape index (κ3) is 15.3. The second-order valence-corrected chi connectivity index (χ2v) is 18.3. The summed E-state index contributed by atoms with van der Waals surface area (Å²) in [6, 6.07) is 24.9. The van der Waals surface area contributed by atoms with Crippen LogP contribution in [0.1, 0.15) is 136 Å². The molecule has 10 nitrogen and oxygen atoms in total. The van der Waals surface area contributed by atoms with Crippen LogP contribution >= 0.6 is 0 Å². The van der Waals surface area contributed by atoms with E-state index in [1.165, 1.54) is 89.9 Å². The van der Waals surface area contributed by atoms with Crippen molar-refractivity contribution >= 4 is 22.7 Å². The molecular weight excluding hydrogens is 809 g/mol. The smallest absolute Gasteiger partial charge is 0.343 e. The van der Waals surface area contributed by atoms with Crippen LogP contribution in [-0.2, 0) is 18.9 Å². The fraction of sp³-hybridized carbons (Fsp3) is 0.556. The number of hydrogen-bond donors (Lipinski definition) is 0. The highest BCUT2D eigenvalue weighted by Crippen LogP contribution is 2.35. The van der Waals surface area contributed by atoms with Crippen LogP contribution in [0.3, 0.4) is 0 Å². The molecule has 4 fully saturated rings. The predicted octanol–water partition coefficient (Wildman–Crippen LogP) is 11.9. The van der Waals surface area contributed by atoms with E-state index in [-0.39, 0.29) is 0 Å². The van der Waals surface area contributed by atoms with Crippen LogP contribution in [0.5, 0.6) is 23.0 Å². The molecule has 10 heteroatoms. The maximum Gasteiger partial charge on any atom is 0.343 e. The van der Waals surface area contributed by atoms with Crippen LogP contribution in [0, 0.1) is 11.8 Å². The van der Waals surface area contributed by atoms with Gasteiger partial charge in [-0.3, -0.25) is 0 Å². The number of carbonyl (C=O) groups is 2. The summed E-state index contributed by atoms with van der Waals surface area (Å²) >= 11 is 0. The first-order valence-electron chi connectivity index (χ1n) is 24.4. The third-order valence-electron chi connectivity index (χ3n) is 13.1. The molecule has 0 bridgehead atoms. The summed E-state index contributed by atoms with van der Waals surface area (Å²) in [6.07, 6.45) is 23.9. The van der Waals surface area contributed by atoms with Gasteiger partial charge in [0.05, 0.1) is 75.2 Å². The van der Waals surface area contributed by atoms with E-state index in [1.54, 1.807) is 48.5 Å². The van der Waals surface area contributed by atoms with Gasteiger partial charge in [-0.1, -0.05) is 101 Å². The molecule has 4 heterocycles. The molecule has 4 saturated heterocycles. The van der Waals surface area contributed by atoms with Gasteiger partial charge in [0.2, 0.25) is 0 Å². The molecule has 8 rings (SSSR count). The van der Waals surface area contributed by atoms with Crippen LogP contribution in [0.2, 0.25) is 0 Å². The van der Waals surface area contributed by atoms with Crippen molar-refractivity contribution in [2.75, 3.05) is 39.6 Å². The molecule has 344 valence electrons. The third-order valence-corrected chi connectivity index (χ3v) is 13.1. The Morgan fingerprint density at radius 1 is 0.453 bits per heavy atom. The number of carbonyl (C=O) groups excluding carboxylic acids is 2. The first kappa shape index (κ1) is 46.1. The number of hydrogen-bond acceptors (Lipinski definition) is 10. The monoisotopic (exact) mass is 876 g/mol. The highest BCUT2D eigenvalue weighted by molar-refractivity contribution is 5.99. The second kappa shape index (κ2) is 24.2. The average molecular weight is 877 g/mol. The molecule has 4 aliphatic rings. The number of ether oxygens (including phenoxy) is 8. The van der Waals surface area contributed by atoms with E-state index in [9.17, 15) is 9.59 Å². The lowest BCUT2D eigenvalue weighted by Gasteiger charge is -2.12. The summed E-state index contributed by atoms with van der Waals surface area (Å²) in [5, 5.41) is 1.32. The molecule has 0 radical (unpaired) electrons. The first-order chi connectivity index (χ1) is 31.6. The molecule has 0 aliphatic carbocycles. The van der Waals surface area contributed by atoms with E-state index in [4.69, 9.17) is 37.9 Å². The molecule has 4 aromatic carbocycles.